The molecule has 0 unspecified atom stereocenters. The third-order valence-corrected chi connectivity index (χ3v) is 6.12. The summed E-state index contributed by atoms with van der Waals surface area (Å²) in [6, 6.07) is 29.1. The predicted octanol–water partition coefficient (Wildman–Crippen LogP) is 4.97. The second-order valence-electron chi connectivity index (χ2n) is 8.97. The fourth-order valence-corrected chi connectivity index (χ4v) is 3.73. The van der Waals surface area contributed by atoms with Gasteiger partial charge in [0.25, 0.3) is 11.8 Å². The third kappa shape index (κ3) is 8.82. The number of ether oxygens (including phenoxy) is 2. The molecule has 0 fully saturated rings. The summed E-state index contributed by atoms with van der Waals surface area (Å²) in [5.41, 5.74) is 4.54. The Hall–Kier alpha value is -5.90. The van der Waals surface area contributed by atoms with Gasteiger partial charge in [0.05, 0.1) is 14.2 Å². The van der Waals surface area contributed by atoms with E-state index in [1.807, 2.05) is 48.5 Å². The first-order chi connectivity index (χ1) is 20.5. The number of hydrogen-bond acceptors (Lipinski definition) is 4. The number of benzene rings is 4. The Kier molecular flexibility index (Phi) is 10.4. The first-order valence-electron chi connectivity index (χ1n) is 13.1. The van der Waals surface area contributed by atoms with Gasteiger partial charge in [0.2, 0.25) is 0 Å². The molecule has 0 saturated carbocycles. The summed E-state index contributed by atoms with van der Waals surface area (Å²) in [6.45, 7) is 0.845. The lowest BCUT2D eigenvalue weighted by Crippen LogP contribution is -2.22. The van der Waals surface area contributed by atoms with Crippen LogP contribution in [0.3, 0.4) is 0 Å². The highest BCUT2D eigenvalue weighted by molar-refractivity contribution is 5.94. The van der Waals surface area contributed by atoms with Gasteiger partial charge in [0, 0.05) is 35.3 Å². The van der Waals surface area contributed by atoms with E-state index in [4.69, 9.17) is 9.47 Å². The molecule has 206 valence electrons. The lowest BCUT2D eigenvalue weighted by molar-refractivity contribution is 0.0943. The zero-order chi connectivity index (χ0) is 29.6. The van der Waals surface area contributed by atoms with Crippen LogP contribution in [-0.4, -0.2) is 26.0 Å². The van der Waals surface area contributed by atoms with Crippen molar-refractivity contribution in [3.63, 3.8) is 0 Å². The monoisotopic (exact) mass is 552 g/mol. The van der Waals surface area contributed by atoms with Crippen LogP contribution < -0.4 is 20.1 Å². The summed E-state index contributed by atoms with van der Waals surface area (Å²) in [4.78, 5) is 24.8. The van der Waals surface area contributed by atoms with E-state index in [0.717, 1.165) is 33.8 Å². The highest BCUT2D eigenvalue weighted by atomic mass is 16.5. The van der Waals surface area contributed by atoms with Crippen LogP contribution in [0.5, 0.6) is 11.5 Å². The zero-order valence-corrected chi connectivity index (χ0v) is 23.3. The maximum atomic E-state index is 12.4. The number of carbonyl (C=O) groups excluding carboxylic acids is 2. The average molecular weight is 553 g/mol. The fourth-order valence-electron chi connectivity index (χ4n) is 3.73. The molecule has 2 amide bonds. The second kappa shape index (κ2) is 15.0. The maximum absolute atomic E-state index is 12.4. The van der Waals surface area contributed by atoms with Crippen LogP contribution >= 0.6 is 0 Å². The van der Waals surface area contributed by atoms with Crippen molar-refractivity contribution >= 4 is 11.8 Å². The third-order valence-electron chi connectivity index (χ3n) is 6.12. The number of rotatable bonds is 8. The molecule has 0 aliphatic carbocycles. The molecular formula is C36H28N2O4. The summed E-state index contributed by atoms with van der Waals surface area (Å²) in [6.07, 6.45) is 0. The van der Waals surface area contributed by atoms with Crippen molar-refractivity contribution in [2.45, 2.75) is 13.1 Å². The van der Waals surface area contributed by atoms with Gasteiger partial charge in [-0.25, -0.2) is 0 Å². The van der Waals surface area contributed by atoms with Crippen LogP contribution in [0.4, 0.5) is 0 Å². The SMILES string of the molecule is COc1ccc(CNC(=O)c2ccc(C#CC#CC#Cc3ccc(C(=O)NCc4ccc(OC)cc4)cc3)cc2)cc1. The summed E-state index contributed by atoms with van der Waals surface area (Å²) in [7, 11) is 3.23. The van der Waals surface area contributed by atoms with Crippen LogP contribution in [0.15, 0.2) is 97.1 Å². The van der Waals surface area contributed by atoms with Crippen molar-refractivity contribution in [1.82, 2.24) is 10.6 Å². The topological polar surface area (TPSA) is 76.7 Å². The molecule has 0 heterocycles. The van der Waals surface area contributed by atoms with Gasteiger partial charge >= 0.3 is 0 Å². The largest absolute Gasteiger partial charge is 0.497 e. The Balaban J connectivity index is 1.23. The van der Waals surface area contributed by atoms with Crippen molar-refractivity contribution in [1.29, 1.82) is 0 Å². The maximum Gasteiger partial charge on any atom is 0.251 e. The van der Waals surface area contributed by atoms with Crippen molar-refractivity contribution in [2.75, 3.05) is 14.2 Å². The summed E-state index contributed by atoms with van der Waals surface area (Å²) >= 11 is 0. The molecule has 0 atom stereocenters. The molecule has 0 spiro atoms. The van der Waals surface area contributed by atoms with Gasteiger partial charge in [-0.05, 0) is 108 Å². The average Bonchev–Trinajstić information content (AvgIpc) is 3.05. The number of methoxy groups -OCH3 is 2. The minimum Gasteiger partial charge on any atom is -0.497 e. The molecule has 42 heavy (non-hydrogen) atoms. The molecule has 0 bridgehead atoms. The van der Waals surface area contributed by atoms with Crippen molar-refractivity contribution in [3.8, 4) is 47.0 Å². The van der Waals surface area contributed by atoms with Gasteiger partial charge in [-0.1, -0.05) is 36.1 Å². The quantitative estimate of drug-likeness (QED) is 0.303. The summed E-state index contributed by atoms with van der Waals surface area (Å²) in [5, 5.41) is 5.80. The molecule has 6 heteroatoms. The van der Waals surface area contributed by atoms with Crippen molar-refractivity contribution < 1.29 is 19.1 Å². The van der Waals surface area contributed by atoms with Gasteiger partial charge in [0.15, 0.2) is 0 Å². The minimum absolute atomic E-state index is 0.164. The van der Waals surface area contributed by atoms with Crippen molar-refractivity contribution in [2.24, 2.45) is 0 Å². The van der Waals surface area contributed by atoms with Crippen LogP contribution in [0.1, 0.15) is 43.0 Å². The Morgan fingerprint density at radius 2 is 0.881 bits per heavy atom. The van der Waals surface area contributed by atoms with Gasteiger partial charge in [0.1, 0.15) is 11.5 Å². The first-order valence-corrected chi connectivity index (χ1v) is 13.1. The van der Waals surface area contributed by atoms with E-state index in [1.165, 1.54) is 0 Å². The molecule has 2 N–H and O–H groups in total. The fraction of sp³-hybridized carbons (Fsp3) is 0.111. The molecule has 0 aliphatic rings. The Morgan fingerprint density at radius 1 is 0.524 bits per heavy atom. The van der Waals surface area contributed by atoms with E-state index >= 15 is 0 Å². The normalized spacial score (nSPS) is 9.48. The first kappa shape index (κ1) is 29.1. The molecule has 4 aromatic carbocycles. The predicted molar refractivity (Wildman–Crippen MR) is 163 cm³/mol. The molecule has 4 aromatic rings. The lowest BCUT2D eigenvalue weighted by atomic mass is 10.1. The number of carbonyl (C=O) groups is 2. The van der Waals surface area contributed by atoms with Crippen LogP contribution in [-0.2, 0) is 13.1 Å². The zero-order valence-electron chi connectivity index (χ0n) is 23.3. The molecule has 4 rings (SSSR count). The van der Waals surface area contributed by atoms with E-state index in [1.54, 1.807) is 62.8 Å². The Bertz CT molecular complexity index is 1580. The lowest BCUT2D eigenvalue weighted by Gasteiger charge is -2.06. The van der Waals surface area contributed by atoms with E-state index in [2.05, 4.69) is 46.2 Å². The van der Waals surface area contributed by atoms with Crippen LogP contribution in [0, 0.1) is 35.5 Å². The Morgan fingerprint density at radius 3 is 1.21 bits per heavy atom. The van der Waals surface area contributed by atoms with E-state index in [0.29, 0.717) is 24.2 Å². The van der Waals surface area contributed by atoms with E-state index in [-0.39, 0.29) is 11.8 Å². The molecule has 0 radical (unpaired) electrons. The summed E-state index contributed by atoms with van der Waals surface area (Å²) < 4.78 is 10.3. The van der Waals surface area contributed by atoms with Crippen LogP contribution in [0.25, 0.3) is 0 Å². The summed E-state index contributed by atoms with van der Waals surface area (Å²) in [5.74, 6) is 18.1. The smallest absolute Gasteiger partial charge is 0.251 e. The molecule has 0 aliphatic heterocycles. The Labute approximate surface area is 246 Å². The van der Waals surface area contributed by atoms with E-state index in [9.17, 15) is 9.59 Å². The van der Waals surface area contributed by atoms with Crippen molar-refractivity contribution in [3.05, 3.63) is 130 Å². The van der Waals surface area contributed by atoms with Gasteiger partial charge in [-0.3, -0.25) is 9.59 Å². The molecule has 0 aromatic heterocycles. The highest BCUT2D eigenvalue weighted by Crippen LogP contribution is 2.12. The molecular weight excluding hydrogens is 524 g/mol. The number of amides is 2. The number of hydrogen-bond donors (Lipinski definition) is 2. The molecule has 6 nitrogen and oxygen atoms in total. The van der Waals surface area contributed by atoms with Gasteiger partial charge in [-0.2, -0.15) is 0 Å². The van der Waals surface area contributed by atoms with Gasteiger partial charge < -0.3 is 20.1 Å². The highest BCUT2D eigenvalue weighted by Gasteiger charge is 2.06. The number of nitrogens with one attached hydrogen (secondary N) is 2. The van der Waals surface area contributed by atoms with Crippen LogP contribution in [0.2, 0.25) is 0 Å². The van der Waals surface area contributed by atoms with E-state index < -0.39 is 0 Å². The minimum atomic E-state index is -0.164. The standard InChI is InChI=1S/C36H28N2O4/c1-41-33-21-13-29(14-22-33)25-37-35(39)31-17-9-27(10-18-31)7-5-3-4-6-8-28-11-19-32(20-12-28)36(40)38-26-30-15-23-34(42-2)24-16-30/h9-24H,25-26H2,1-2H3,(H,37,39)(H,38,40). The second-order valence-corrected chi connectivity index (χ2v) is 8.97. The molecule has 0 saturated heterocycles. The van der Waals surface area contributed by atoms with Gasteiger partial charge in [-0.15, -0.1) is 0 Å².